The van der Waals surface area contributed by atoms with Crippen molar-refractivity contribution in [2.75, 3.05) is 11.9 Å². The summed E-state index contributed by atoms with van der Waals surface area (Å²) >= 11 is 0. The Morgan fingerprint density at radius 1 is 1.21 bits per heavy atom. The molecule has 1 atom stereocenters. The van der Waals surface area contributed by atoms with E-state index in [0.29, 0.717) is 6.54 Å². The topological polar surface area (TPSA) is 110 Å². The van der Waals surface area contributed by atoms with E-state index in [-0.39, 0.29) is 4.90 Å². The Bertz CT molecular complexity index is 620. The van der Waals surface area contributed by atoms with Crippen molar-refractivity contribution in [3.8, 4) is 0 Å². The lowest BCUT2D eigenvalue weighted by atomic mass is 10.3. The van der Waals surface area contributed by atoms with Gasteiger partial charge in [0.15, 0.2) is 5.44 Å². The molecule has 0 aliphatic rings. The van der Waals surface area contributed by atoms with Crippen molar-refractivity contribution in [2.45, 2.75) is 24.2 Å². The number of sulfone groups is 1. The van der Waals surface area contributed by atoms with Gasteiger partial charge in [0.2, 0.25) is 9.84 Å². The Kier molecular flexibility index (Phi) is 4.91. The zero-order valence-electron chi connectivity index (χ0n) is 10.4. The Morgan fingerprint density at radius 3 is 2.16 bits per heavy atom. The molecule has 0 radical (unpaired) electrons. The molecule has 9 heteroatoms. The molecule has 0 saturated carbocycles. The maximum atomic E-state index is 12.0. The van der Waals surface area contributed by atoms with E-state index < -0.39 is 25.7 Å². The number of benzene rings is 1. The van der Waals surface area contributed by atoms with Crippen molar-refractivity contribution in [1.29, 1.82) is 0 Å². The van der Waals surface area contributed by atoms with Crippen molar-refractivity contribution in [1.82, 2.24) is 0 Å². The summed E-state index contributed by atoms with van der Waals surface area (Å²) in [6, 6.07) is 5.77. The molecular weight excluding hydrogens is 294 g/mol. The van der Waals surface area contributed by atoms with Crippen LogP contribution in [0.4, 0.5) is 5.69 Å². The second-order valence-electron chi connectivity index (χ2n) is 3.69. The van der Waals surface area contributed by atoms with Crippen molar-refractivity contribution in [3.05, 3.63) is 24.3 Å². The van der Waals surface area contributed by atoms with E-state index in [4.69, 9.17) is 4.55 Å². The van der Waals surface area contributed by atoms with Crippen LogP contribution in [0.5, 0.6) is 0 Å². The minimum absolute atomic E-state index is 0.0923. The first kappa shape index (κ1) is 15.9. The van der Waals surface area contributed by atoms with Crippen molar-refractivity contribution >= 4 is 25.9 Å². The molecule has 0 spiro atoms. The third kappa shape index (κ3) is 4.46. The van der Waals surface area contributed by atoms with E-state index in [0.717, 1.165) is 12.6 Å². The van der Waals surface area contributed by atoms with Crippen LogP contribution in [0, 0.1) is 0 Å². The van der Waals surface area contributed by atoms with E-state index in [1.807, 2.05) is 6.92 Å². The van der Waals surface area contributed by atoms with E-state index in [1.165, 1.54) is 12.1 Å². The molecule has 0 aliphatic carbocycles. The van der Waals surface area contributed by atoms with Crippen molar-refractivity contribution in [3.63, 3.8) is 0 Å². The number of hydrogen-bond acceptors (Lipinski definition) is 6. The maximum absolute atomic E-state index is 12.0. The summed E-state index contributed by atoms with van der Waals surface area (Å²) in [6.07, 6.45) is 0. The first-order valence-electron chi connectivity index (χ1n) is 5.40. The van der Waals surface area contributed by atoms with Gasteiger partial charge in [0, 0.05) is 12.2 Å². The summed E-state index contributed by atoms with van der Waals surface area (Å²) in [7, 11) is -8.82. The second-order valence-corrected chi connectivity index (χ2v) is 6.96. The van der Waals surface area contributed by atoms with Gasteiger partial charge in [0.1, 0.15) is 0 Å². The molecule has 1 rings (SSSR count). The van der Waals surface area contributed by atoms with E-state index in [1.54, 1.807) is 12.1 Å². The van der Waals surface area contributed by atoms with Crippen LogP contribution in [0.3, 0.4) is 0 Å². The first-order chi connectivity index (χ1) is 8.66. The van der Waals surface area contributed by atoms with Crippen LogP contribution in [0.25, 0.3) is 0 Å². The lowest BCUT2D eigenvalue weighted by Crippen LogP contribution is -2.24. The van der Waals surface area contributed by atoms with Gasteiger partial charge in [-0.05, 0) is 38.1 Å². The quantitative estimate of drug-likeness (QED) is 0.756. The maximum Gasteiger partial charge on any atom is 0.398 e. The third-order valence-corrected chi connectivity index (χ3v) is 4.81. The van der Waals surface area contributed by atoms with Crippen LogP contribution < -0.4 is 5.32 Å². The average molecular weight is 309 g/mol. The fourth-order valence-electron chi connectivity index (χ4n) is 1.38. The summed E-state index contributed by atoms with van der Waals surface area (Å²) in [5, 5.41) is 2.99. The highest BCUT2D eigenvalue weighted by atomic mass is 32.3. The Balaban J connectivity index is 3.00. The first-order valence-corrected chi connectivity index (χ1v) is 8.31. The molecule has 1 unspecified atom stereocenters. The summed E-state index contributed by atoms with van der Waals surface area (Å²) < 4.78 is 57.5. The molecule has 0 amide bonds. The number of hydrogen-bond donors (Lipinski definition) is 2. The van der Waals surface area contributed by atoms with Crippen LogP contribution in [0.15, 0.2) is 29.2 Å². The molecule has 0 bridgehead atoms. The monoisotopic (exact) mass is 309 g/mol. The summed E-state index contributed by atoms with van der Waals surface area (Å²) in [6.45, 7) is 3.61. The van der Waals surface area contributed by atoms with E-state index >= 15 is 0 Å². The second kappa shape index (κ2) is 5.87. The summed E-state index contributed by atoms with van der Waals surface area (Å²) in [4.78, 5) is -0.0923. The molecule has 1 aromatic rings. The standard InChI is InChI=1S/C10H15NO6S2/c1-3-11-9-4-6-10(7-5-9)18(12,13)8(2)17-19(14,15)16/h4-8,11H,3H2,1-2H3,(H,14,15,16). The van der Waals surface area contributed by atoms with Crippen LogP contribution in [-0.2, 0) is 24.4 Å². The minimum atomic E-state index is -4.82. The molecule has 0 fully saturated rings. The molecule has 2 N–H and O–H groups in total. The molecule has 0 heterocycles. The van der Waals surface area contributed by atoms with Crippen LogP contribution in [0.2, 0.25) is 0 Å². The zero-order valence-corrected chi connectivity index (χ0v) is 12.0. The van der Waals surface area contributed by atoms with Crippen LogP contribution >= 0.6 is 0 Å². The van der Waals surface area contributed by atoms with Gasteiger partial charge in [-0.15, -0.1) is 0 Å². The average Bonchev–Trinajstić information content (AvgIpc) is 2.28. The molecule has 19 heavy (non-hydrogen) atoms. The van der Waals surface area contributed by atoms with Gasteiger partial charge in [0.05, 0.1) is 4.90 Å². The SMILES string of the molecule is CCNc1ccc(S(=O)(=O)C(C)OS(=O)(=O)O)cc1. The van der Waals surface area contributed by atoms with Gasteiger partial charge in [-0.25, -0.2) is 12.6 Å². The minimum Gasteiger partial charge on any atom is -0.385 e. The predicted octanol–water partition coefficient (Wildman–Crippen LogP) is 1.06. The van der Waals surface area contributed by atoms with E-state index in [2.05, 4.69) is 9.50 Å². The zero-order chi connectivity index (χ0) is 14.7. The van der Waals surface area contributed by atoms with Crippen LogP contribution in [-0.4, -0.2) is 33.4 Å². The highest BCUT2D eigenvalue weighted by Gasteiger charge is 2.28. The molecule has 0 aromatic heterocycles. The molecule has 0 aliphatic heterocycles. The molecule has 7 nitrogen and oxygen atoms in total. The van der Waals surface area contributed by atoms with Crippen molar-refractivity contribution < 1.29 is 25.6 Å². The molecule has 108 valence electrons. The number of anilines is 1. The van der Waals surface area contributed by atoms with Gasteiger partial charge >= 0.3 is 10.4 Å². The predicted molar refractivity (Wildman–Crippen MR) is 69.9 cm³/mol. The van der Waals surface area contributed by atoms with Gasteiger partial charge < -0.3 is 5.32 Å². The van der Waals surface area contributed by atoms with Gasteiger partial charge in [-0.1, -0.05) is 0 Å². The lowest BCUT2D eigenvalue weighted by Gasteiger charge is -2.12. The molecule has 1 aromatic carbocycles. The Labute approximate surface area is 112 Å². The van der Waals surface area contributed by atoms with Gasteiger partial charge in [-0.2, -0.15) is 8.42 Å². The smallest absolute Gasteiger partial charge is 0.385 e. The Hall–Kier alpha value is -1.16. The molecule has 0 saturated heterocycles. The summed E-state index contributed by atoms with van der Waals surface area (Å²) in [5.74, 6) is 0. The highest BCUT2D eigenvalue weighted by molar-refractivity contribution is 7.92. The largest absolute Gasteiger partial charge is 0.398 e. The number of nitrogens with one attached hydrogen (secondary N) is 1. The Morgan fingerprint density at radius 2 is 1.74 bits per heavy atom. The lowest BCUT2D eigenvalue weighted by molar-refractivity contribution is 0.251. The molecular formula is C10H15NO6S2. The number of rotatable bonds is 6. The highest BCUT2D eigenvalue weighted by Crippen LogP contribution is 2.20. The summed E-state index contributed by atoms with van der Waals surface area (Å²) in [5.41, 5.74) is -0.961. The fourth-order valence-corrected chi connectivity index (χ4v) is 3.33. The fraction of sp³-hybridized carbons (Fsp3) is 0.400. The normalized spacial score (nSPS) is 14.1. The third-order valence-electron chi connectivity index (χ3n) is 2.26. The van der Waals surface area contributed by atoms with Crippen molar-refractivity contribution in [2.24, 2.45) is 0 Å². The van der Waals surface area contributed by atoms with E-state index in [9.17, 15) is 16.8 Å². The van der Waals surface area contributed by atoms with Crippen LogP contribution in [0.1, 0.15) is 13.8 Å². The van der Waals surface area contributed by atoms with Gasteiger partial charge in [-0.3, -0.25) is 4.55 Å². The van der Waals surface area contributed by atoms with Gasteiger partial charge in [0.25, 0.3) is 0 Å².